The van der Waals surface area contributed by atoms with E-state index in [9.17, 15) is 14.9 Å². The molecule has 1 N–H and O–H groups in total. The smallest absolute Gasteiger partial charge is 0.272 e. The average Bonchev–Trinajstić information content (AvgIpc) is 2.54. The number of para-hydroxylation sites is 1. The van der Waals surface area contributed by atoms with Crippen LogP contribution in [0.4, 0.5) is 11.4 Å². The molecule has 2 rings (SSSR count). The maximum Gasteiger partial charge on any atom is 0.272 e. The van der Waals surface area contributed by atoms with Crippen LogP contribution in [-0.4, -0.2) is 17.4 Å². The van der Waals surface area contributed by atoms with Gasteiger partial charge in [-0.25, -0.2) is 0 Å². The molecule has 0 heterocycles. The molecule has 0 aliphatic rings. The normalized spacial score (nSPS) is 10.3. The molecule has 0 aliphatic carbocycles. The summed E-state index contributed by atoms with van der Waals surface area (Å²) in [5.74, 6) is 0.156. The summed E-state index contributed by atoms with van der Waals surface area (Å²) >= 11 is 0. The molecular formula is C18H20N2O4. The molecule has 0 saturated carbocycles. The molecule has 0 radical (unpaired) electrons. The van der Waals surface area contributed by atoms with Crippen LogP contribution in [0.15, 0.2) is 36.4 Å². The molecule has 0 aromatic heterocycles. The summed E-state index contributed by atoms with van der Waals surface area (Å²) in [6.45, 7) is 5.44. The number of rotatable bonds is 6. The van der Waals surface area contributed by atoms with Crippen molar-refractivity contribution >= 4 is 17.3 Å². The zero-order valence-corrected chi connectivity index (χ0v) is 14.0. The number of nitrogens with zero attached hydrogens (tertiary/aromatic N) is 1. The minimum absolute atomic E-state index is 0.0271. The fraction of sp³-hybridized carbons (Fsp3) is 0.278. The van der Waals surface area contributed by atoms with Crippen molar-refractivity contribution in [3.05, 3.63) is 63.2 Å². The Balaban J connectivity index is 2.02. The van der Waals surface area contributed by atoms with Gasteiger partial charge in [-0.3, -0.25) is 14.9 Å². The van der Waals surface area contributed by atoms with E-state index in [1.807, 2.05) is 32.0 Å². The summed E-state index contributed by atoms with van der Waals surface area (Å²) in [6, 6.07) is 10.3. The highest BCUT2D eigenvalue weighted by Crippen LogP contribution is 2.23. The third-order valence-electron chi connectivity index (χ3n) is 3.74. The summed E-state index contributed by atoms with van der Waals surface area (Å²) < 4.78 is 5.43. The molecule has 6 nitrogen and oxygen atoms in total. The molecule has 0 fully saturated rings. The number of nitro groups is 1. The zero-order valence-electron chi connectivity index (χ0n) is 14.0. The van der Waals surface area contributed by atoms with Gasteiger partial charge in [0.15, 0.2) is 6.61 Å². The maximum atomic E-state index is 12.1. The topological polar surface area (TPSA) is 81.5 Å². The second kappa shape index (κ2) is 7.59. The number of hydrogen-bond donors (Lipinski definition) is 1. The third-order valence-corrected chi connectivity index (χ3v) is 3.74. The molecule has 0 unspecified atom stereocenters. The first-order chi connectivity index (χ1) is 11.4. The average molecular weight is 328 g/mol. The van der Waals surface area contributed by atoms with Crippen LogP contribution in [0.3, 0.4) is 0 Å². The highest BCUT2D eigenvalue weighted by atomic mass is 16.6. The predicted octanol–water partition coefficient (Wildman–Crippen LogP) is 3.79. The fourth-order valence-corrected chi connectivity index (χ4v) is 2.45. The van der Waals surface area contributed by atoms with Crippen LogP contribution >= 0.6 is 0 Å². The van der Waals surface area contributed by atoms with Crippen LogP contribution in [-0.2, 0) is 11.2 Å². The fourth-order valence-electron chi connectivity index (χ4n) is 2.45. The van der Waals surface area contributed by atoms with Gasteiger partial charge in [0.05, 0.1) is 4.92 Å². The minimum Gasteiger partial charge on any atom is -0.484 e. The Morgan fingerprint density at radius 2 is 1.96 bits per heavy atom. The second-order valence-electron chi connectivity index (χ2n) is 5.50. The van der Waals surface area contributed by atoms with Gasteiger partial charge in [0.1, 0.15) is 5.75 Å². The number of ether oxygens (including phenoxy) is 1. The number of carbonyl (C=O) groups excluding carboxylic acids is 1. The highest BCUT2D eigenvalue weighted by Gasteiger charge is 2.12. The van der Waals surface area contributed by atoms with E-state index >= 15 is 0 Å². The first-order valence-electron chi connectivity index (χ1n) is 7.68. The summed E-state index contributed by atoms with van der Waals surface area (Å²) in [5, 5.41) is 13.7. The van der Waals surface area contributed by atoms with E-state index in [1.165, 1.54) is 12.1 Å². The number of hydrogen-bond acceptors (Lipinski definition) is 4. The minimum atomic E-state index is -0.448. The lowest BCUT2D eigenvalue weighted by Crippen LogP contribution is -2.21. The van der Waals surface area contributed by atoms with Crippen molar-refractivity contribution in [2.45, 2.75) is 27.2 Å². The Labute approximate surface area is 140 Å². The van der Waals surface area contributed by atoms with Gasteiger partial charge in [-0.05, 0) is 43.5 Å². The van der Waals surface area contributed by atoms with Crippen molar-refractivity contribution in [2.24, 2.45) is 0 Å². The molecule has 0 bridgehead atoms. The van der Waals surface area contributed by atoms with Gasteiger partial charge in [0, 0.05) is 17.3 Å². The van der Waals surface area contributed by atoms with Crippen LogP contribution in [0.1, 0.15) is 23.6 Å². The molecule has 0 saturated heterocycles. The summed E-state index contributed by atoms with van der Waals surface area (Å²) in [6.07, 6.45) is 0.819. The van der Waals surface area contributed by atoms with E-state index in [0.29, 0.717) is 11.3 Å². The molecular weight excluding hydrogens is 308 g/mol. The molecule has 1 amide bonds. The third kappa shape index (κ3) is 4.10. The maximum absolute atomic E-state index is 12.1. The number of benzene rings is 2. The lowest BCUT2D eigenvalue weighted by molar-refractivity contribution is -0.385. The van der Waals surface area contributed by atoms with E-state index in [2.05, 4.69) is 5.32 Å². The molecule has 2 aromatic carbocycles. The predicted molar refractivity (Wildman–Crippen MR) is 92.5 cm³/mol. The van der Waals surface area contributed by atoms with Crippen molar-refractivity contribution in [2.75, 3.05) is 11.9 Å². The van der Waals surface area contributed by atoms with E-state index in [4.69, 9.17) is 4.74 Å². The van der Waals surface area contributed by atoms with E-state index in [1.54, 1.807) is 13.0 Å². The Kier molecular flexibility index (Phi) is 5.52. The van der Waals surface area contributed by atoms with Crippen molar-refractivity contribution in [1.82, 2.24) is 0 Å². The molecule has 126 valence electrons. The highest BCUT2D eigenvalue weighted by molar-refractivity contribution is 5.93. The van der Waals surface area contributed by atoms with Crippen LogP contribution in [0.5, 0.6) is 5.75 Å². The van der Waals surface area contributed by atoms with Crippen molar-refractivity contribution in [3.8, 4) is 5.75 Å². The standard InChI is InChI=1S/C18H20N2O4/c1-4-14-7-5-6-12(2)18(14)19-17(21)11-24-15-8-9-16(20(22)23)13(3)10-15/h5-10H,4,11H2,1-3H3,(H,19,21). The van der Waals surface area contributed by atoms with Crippen molar-refractivity contribution in [1.29, 1.82) is 0 Å². The van der Waals surface area contributed by atoms with Crippen molar-refractivity contribution < 1.29 is 14.5 Å². The Morgan fingerprint density at radius 3 is 2.58 bits per heavy atom. The first-order valence-corrected chi connectivity index (χ1v) is 7.68. The van der Waals surface area contributed by atoms with E-state index in [0.717, 1.165) is 23.2 Å². The van der Waals surface area contributed by atoms with Gasteiger partial charge in [-0.2, -0.15) is 0 Å². The zero-order chi connectivity index (χ0) is 17.7. The Hall–Kier alpha value is -2.89. The summed E-state index contributed by atoms with van der Waals surface area (Å²) in [7, 11) is 0. The van der Waals surface area contributed by atoms with Gasteiger partial charge in [0.25, 0.3) is 11.6 Å². The lowest BCUT2D eigenvalue weighted by atomic mass is 10.1. The molecule has 0 spiro atoms. The molecule has 0 aliphatic heterocycles. The first kappa shape index (κ1) is 17.5. The van der Waals surface area contributed by atoms with Gasteiger partial charge < -0.3 is 10.1 Å². The van der Waals surface area contributed by atoms with Crippen LogP contribution in [0.2, 0.25) is 0 Å². The number of anilines is 1. The lowest BCUT2D eigenvalue weighted by Gasteiger charge is -2.13. The number of nitro benzene ring substituents is 1. The van der Waals surface area contributed by atoms with E-state index < -0.39 is 4.92 Å². The summed E-state index contributed by atoms with van der Waals surface area (Å²) in [4.78, 5) is 22.5. The van der Waals surface area contributed by atoms with Crippen molar-refractivity contribution in [3.63, 3.8) is 0 Å². The molecule has 6 heteroatoms. The van der Waals surface area contributed by atoms with Gasteiger partial charge in [-0.15, -0.1) is 0 Å². The van der Waals surface area contributed by atoms with Gasteiger partial charge in [-0.1, -0.05) is 25.1 Å². The largest absolute Gasteiger partial charge is 0.484 e. The van der Waals surface area contributed by atoms with Gasteiger partial charge in [0.2, 0.25) is 0 Å². The van der Waals surface area contributed by atoms with Crippen LogP contribution in [0.25, 0.3) is 0 Å². The van der Waals surface area contributed by atoms with Gasteiger partial charge >= 0.3 is 0 Å². The number of amides is 1. The van der Waals surface area contributed by atoms with E-state index in [-0.39, 0.29) is 18.2 Å². The number of nitrogens with one attached hydrogen (secondary N) is 1. The number of aryl methyl sites for hydroxylation is 3. The molecule has 0 atom stereocenters. The quantitative estimate of drug-likeness (QED) is 0.646. The van der Waals surface area contributed by atoms with Crippen LogP contribution in [0, 0.1) is 24.0 Å². The van der Waals surface area contributed by atoms with Crippen LogP contribution < -0.4 is 10.1 Å². The molecule has 24 heavy (non-hydrogen) atoms. The molecule has 2 aromatic rings. The Morgan fingerprint density at radius 1 is 1.21 bits per heavy atom. The Bertz CT molecular complexity index is 772. The number of carbonyl (C=O) groups is 1. The monoisotopic (exact) mass is 328 g/mol. The second-order valence-corrected chi connectivity index (χ2v) is 5.50. The SMILES string of the molecule is CCc1cccc(C)c1NC(=O)COc1ccc([N+](=O)[O-])c(C)c1. The summed E-state index contributed by atoms with van der Waals surface area (Å²) in [5.41, 5.74) is 3.39.